The Morgan fingerprint density at radius 3 is 2.05 bits per heavy atom. The smallest absolute Gasteiger partial charge is 0.0466 e. The minimum Gasteiger partial charge on any atom is -0.265 e. The van der Waals surface area contributed by atoms with Crippen LogP contribution in [0.3, 0.4) is 0 Å². The molecule has 1 atom stereocenters. The Hall–Kier alpha value is -6.57. The molecule has 2 aromatic carbocycles. The Morgan fingerprint density at radius 2 is 1.30 bits per heavy atom. The van der Waals surface area contributed by atoms with Gasteiger partial charge in [-0.05, 0) is 118 Å². The first-order chi connectivity index (χ1) is 27.6. The van der Waals surface area contributed by atoms with E-state index in [0.29, 0.717) is 0 Å². The SMILES string of the molecule is C1=C\C=C\C=C\C=C/C=C\N=C\C=C\C=C/1.C=C1/C=C\C=C/CC2(C3=C(C=CCC3)c3c(C)cccc32)C(/C=C/C)=C1/C=C1\C=C/C=C\C(=C)c2ccccc21. The molecule has 2 aromatic rings. The predicted molar refractivity (Wildman–Crippen MR) is 246 cm³/mol. The number of nitrogens with zero attached hydrogens (tertiary/aromatic N) is 1. The summed E-state index contributed by atoms with van der Waals surface area (Å²) in [5.74, 6) is 0. The van der Waals surface area contributed by atoms with Gasteiger partial charge in [0.1, 0.15) is 0 Å². The van der Waals surface area contributed by atoms with Crippen LogP contribution in [0.5, 0.6) is 0 Å². The van der Waals surface area contributed by atoms with Gasteiger partial charge >= 0.3 is 0 Å². The van der Waals surface area contributed by atoms with Gasteiger partial charge in [0.25, 0.3) is 0 Å². The van der Waals surface area contributed by atoms with Crippen molar-refractivity contribution in [3.8, 4) is 0 Å². The first-order valence-corrected chi connectivity index (χ1v) is 19.5. The van der Waals surface area contributed by atoms with E-state index >= 15 is 0 Å². The third-order valence-corrected chi connectivity index (χ3v) is 10.3. The van der Waals surface area contributed by atoms with Gasteiger partial charge in [0.15, 0.2) is 0 Å². The van der Waals surface area contributed by atoms with Crippen LogP contribution in [0.15, 0.2) is 247 Å². The molecule has 276 valence electrons. The second-order valence-corrected chi connectivity index (χ2v) is 13.9. The first kappa shape index (κ1) is 39.1. The average Bonchev–Trinajstić information content (AvgIpc) is 3.52. The first-order valence-electron chi connectivity index (χ1n) is 19.5. The summed E-state index contributed by atoms with van der Waals surface area (Å²) in [6.07, 6.45) is 61.0. The molecular weight excluding hydrogens is 675 g/mol. The standard InChI is InChI=1S/C40H36.C15H15N/c1-5-16-36-35(27-31-20-9-8-18-28(2)32-21-10-11-22-33(31)32)29(3)17-7-6-14-26-40(36)37-24-13-12-23-34(37)39-30(4)19-15-25-38(39)40;1-2-4-6-8-10-12-14-16-15-13-11-9-7-5-3-1/h5-12,14-23,25,27H,2-3,13,24,26H2,1,4H3;1-15H/b14-6-,16-5+,17-7-,18-8-,20-9-,31-27+,36-35-;2-1+,3-1?,4-2?,5-3-,6-4+,7-5?,8-6?,9-7-,10-8-,11-9?,12-10?,13-11+,14-12-,15-13?,16-14?,16-15+. The van der Waals surface area contributed by atoms with E-state index in [1.807, 2.05) is 79.0 Å². The zero-order chi connectivity index (χ0) is 39.0. The summed E-state index contributed by atoms with van der Waals surface area (Å²) in [5.41, 5.74) is 14.9. The van der Waals surface area contributed by atoms with Crippen molar-refractivity contribution < 1.29 is 0 Å². The minimum absolute atomic E-state index is 0.264. The second-order valence-electron chi connectivity index (χ2n) is 13.9. The predicted octanol–water partition coefficient (Wildman–Crippen LogP) is 14.4. The van der Waals surface area contributed by atoms with Gasteiger partial charge in [-0.2, -0.15) is 0 Å². The zero-order valence-corrected chi connectivity index (χ0v) is 32.7. The fraction of sp³-hybridized carbons (Fsp3) is 0.109. The van der Waals surface area contributed by atoms with E-state index in [2.05, 4.69) is 153 Å². The van der Waals surface area contributed by atoms with Gasteiger partial charge in [0, 0.05) is 17.8 Å². The fourth-order valence-corrected chi connectivity index (χ4v) is 7.85. The van der Waals surface area contributed by atoms with Crippen LogP contribution in [-0.2, 0) is 5.41 Å². The molecule has 0 aromatic heterocycles. The number of fused-ring (bicyclic) bond motifs is 5. The Kier molecular flexibility index (Phi) is 13.7. The number of allylic oxidation sites excluding steroid dienone is 33. The lowest BCUT2D eigenvalue weighted by atomic mass is 9.65. The summed E-state index contributed by atoms with van der Waals surface area (Å²) in [6, 6.07) is 15.4. The topological polar surface area (TPSA) is 12.4 Å². The molecule has 1 nitrogen and oxygen atoms in total. The van der Waals surface area contributed by atoms with Gasteiger partial charge in [-0.3, -0.25) is 4.99 Å². The highest BCUT2D eigenvalue weighted by atomic mass is 14.6. The maximum atomic E-state index is 4.64. The van der Waals surface area contributed by atoms with Crippen molar-refractivity contribution in [1.82, 2.24) is 0 Å². The second kappa shape index (κ2) is 19.7. The molecule has 0 saturated carbocycles. The molecule has 7 rings (SSSR count). The van der Waals surface area contributed by atoms with Crippen molar-refractivity contribution in [3.63, 3.8) is 0 Å². The molecule has 1 heterocycles. The minimum atomic E-state index is -0.264. The molecule has 56 heavy (non-hydrogen) atoms. The maximum absolute atomic E-state index is 4.64. The Bertz CT molecular complexity index is 2210. The molecule has 0 amide bonds. The van der Waals surface area contributed by atoms with E-state index in [1.54, 1.807) is 12.4 Å². The van der Waals surface area contributed by atoms with E-state index in [9.17, 15) is 0 Å². The van der Waals surface area contributed by atoms with E-state index in [-0.39, 0.29) is 5.41 Å². The van der Waals surface area contributed by atoms with Crippen LogP contribution in [0.25, 0.3) is 16.7 Å². The van der Waals surface area contributed by atoms with Crippen molar-refractivity contribution in [2.45, 2.75) is 38.5 Å². The van der Waals surface area contributed by atoms with Crippen molar-refractivity contribution in [2.75, 3.05) is 0 Å². The summed E-state index contributed by atoms with van der Waals surface area (Å²) in [5, 5.41) is 0. The molecule has 4 aliphatic carbocycles. The summed E-state index contributed by atoms with van der Waals surface area (Å²) < 4.78 is 0. The van der Waals surface area contributed by atoms with E-state index < -0.39 is 0 Å². The Balaban J connectivity index is 0.000000280. The number of aryl methyl sites for hydroxylation is 1. The highest BCUT2D eigenvalue weighted by Crippen LogP contribution is 2.58. The monoisotopic (exact) mass is 725 g/mol. The molecule has 5 aliphatic rings. The van der Waals surface area contributed by atoms with E-state index in [1.165, 1.54) is 44.5 Å². The summed E-state index contributed by atoms with van der Waals surface area (Å²) >= 11 is 0. The fourth-order valence-electron chi connectivity index (χ4n) is 7.85. The lowest BCUT2D eigenvalue weighted by Gasteiger charge is -2.37. The number of hydrogen-bond acceptors (Lipinski definition) is 1. The number of rotatable bonds is 2. The molecule has 1 aliphatic heterocycles. The van der Waals surface area contributed by atoms with Crippen LogP contribution < -0.4 is 0 Å². The molecule has 1 heteroatoms. The highest BCUT2D eigenvalue weighted by molar-refractivity contribution is 5.92. The van der Waals surface area contributed by atoms with Gasteiger partial charge < -0.3 is 0 Å². The molecular formula is C55H51N. The lowest BCUT2D eigenvalue weighted by molar-refractivity contribution is 0.593. The summed E-state index contributed by atoms with van der Waals surface area (Å²) in [6.45, 7) is 13.4. The zero-order valence-electron chi connectivity index (χ0n) is 32.7. The van der Waals surface area contributed by atoms with Crippen molar-refractivity contribution in [2.24, 2.45) is 4.99 Å². The lowest BCUT2D eigenvalue weighted by Crippen LogP contribution is -2.30. The third kappa shape index (κ3) is 9.03. The van der Waals surface area contributed by atoms with Crippen molar-refractivity contribution in [1.29, 1.82) is 0 Å². The molecule has 0 N–H and O–H groups in total. The van der Waals surface area contributed by atoms with E-state index in [4.69, 9.17) is 0 Å². The largest absolute Gasteiger partial charge is 0.265 e. The van der Waals surface area contributed by atoms with Crippen LogP contribution in [-0.4, -0.2) is 6.21 Å². The van der Waals surface area contributed by atoms with Crippen LogP contribution in [0.4, 0.5) is 0 Å². The van der Waals surface area contributed by atoms with Gasteiger partial charge in [-0.1, -0.05) is 195 Å². The molecule has 0 radical (unpaired) electrons. The molecule has 1 spiro atoms. The van der Waals surface area contributed by atoms with E-state index in [0.717, 1.165) is 41.5 Å². The van der Waals surface area contributed by atoms with Crippen LogP contribution in [0.2, 0.25) is 0 Å². The average molecular weight is 726 g/mol. The molecule has 0 saturated heterocycles. The molecule has 0 fully saturated rings. The van der Waals surface area contributed by atoms with Gasteiger partial charge in [0.2, 0.25) is 0 Å². The Morgan fingerprint density at radius 1 is 0.643 bits per heavy atom. The quantitative estimate of drug-likeness (QED) is 0.292. The van der Waals surface area contributed by atoms with Gasteiger partial charge in [-0.25, -0.2) is 0 Å². The maximum Gasteiger partial charge on any atom is 0.0466 e. The normalized spacial score (nSPS) is 29.1. The summed E-state index contributed by atoms with van der Waals surface area (Å²) in [7, 11) is 0. The Labute approximate surface area is 335 Å². The van der Waals surface area contributed by atoms with Gasteiger partial charge in [0.05, 0.1) is 0 Å². The van der Waals surface area contributed by atoms with Gasteiger partial charge in [-0.15, -0.1) is 0 Å². The highest BCUT2D eigenvalue weighted by Gasteiger charge is 2.47. The molecule has 0 bridgehead atoms. The van der Waals surface area contributed by atoms with Crippen LogP contribution in [0.1, 0.15) is 54.0 Å². The van der Waals surface area contributed by atoms with Crippen LogP contribution in [0, 0.1) is 6.92 Å². The summed E-state index contributed by atoms with van der Waals surface area (Å²) in [4.78, 5) is 4.07. The van der Waals surface area contributed by atoms with Crippen molar-refractivity contribution >= 4 is 22.9 Å². The number of hydrogen-bond donors (Lipinski definition) is 0. The number of benzene rings is 2. The number of aliphatic imine (C=N–C) groups is 1. The van der Waals surface area contributed by atoms with Crippen molar-refractivity contribution in [3.05, 3.63) is 270 Å². The van der Waals surface area contributed by atoms with Crippen LogP contribution >= 0.6 is 0 Å². The molecule has 1 unspecified atom stereocenters. The third-order valence-electron chi connectivity index (χ3n) is 10.3.